The largest absolute Gasteiger partial charge is 0.302 e. The van der Waals surface area contributed by atoms with Crippen molar-refractivity contribution in [1.29, 1.82) is 0 Å². The van der Waals surface area contributed by atoms with Crippen LogP contribution in [-0.2, 0) is 18.4 Å². The van der Waals surface area contributed by atoms with Crippen molar-refractivity contribution >= 4 is 0 Å². The normalized spacial score (nSPS) is 12.0. The van der Waals surface area contributed by atoms with Crippen LogP contribution in [0.3, 0.4) is 0 Å². The molecule has 0 bridgehead atoms. The second-order valence-corrected chi connectivity index (χ2v) is 7.34. The maximum Gasteiger partial charge on any atom is 0.142 e. The van der Waals surface area contributed by atoms with Crippen LogP contribution in [0.2, 0.25) is 0 Å². The summed E-state index contributed by atoms with van der Waals surface area (Å²) in [5.74, 6) is 0.638. The van der Waals surface area contributed by atoms with Gasteiger partial charge >= 0.3 is 0 Å². The van der Waals surface area contributed by atoms with Crippen molar-refractivity contribution in [1.82, 2.24) is 14.9 Å². The van der Waals surface area contributed by atoms with Crippen molar-refractivity contribution in [3.05, 3.63) is 58.4 Å². The highest BCUT2D eigenvalue weighted by Crippen LogP contribution is 2.27. The molecule has 0 aliphatic carbocycles. The van der Waals surface area contributed by atoms with Gasteiger partial charge in [0.15, 0.2) is 0 Å². The number of aryl methyl sites for hydroxylation is 1. The van der Waals surface area contributed by atoms with Crippen molar-refractivity contribution in [3.63, 3.8) is 0 Å². The third-order valence-electron chi connectivity index (χ3n) is 3.72. The lowest BCUT2D eigenvalue weighted by Gasteiger charge is -2.24. The van der Waals surface area contributed by atoms with E-state index < -0.39 is 0 Å². The highest BCUT2D eigenvalue weighted by atomic mass is 19.1. The number of halogens is 1. The Bertz CT molecular complexity index is 670. The molecule has 4 heteroatoms. The van der Waals surface area contributed by atoms with Gasteiger partial charge in [0.25, 0.3) is 0 Å². The minimum absolute atomic E-state index is 0.0654. The van der Waals surface area contributed by atoms with E-state index in [1.54, 1.807) is 0 Å². The Morgan fingerprint density at radius 3 is 2.17 bits per heavy atom. The molecule has 0 spiro atoms. The first-order valence-electron chi connectivity index (χ1n) is 7.93. The van der Waals surface area contributed by atoms with Crippen LogP contribution in [0.5, 0.6) is 0 Å². The van der Waals surface area contributed by atoms with Crippen LogP contribution >= 0.6 is 0 Å². The number of rotatable bonds is 4. The molecule has 3 nitrogen and oxygen atoms in total. The van der Waals surface area contributed by atoms with Crippen molar-refractivity contribution < 1.29 is 4.39 Å². The first-order chi connectivity index (χ1) is 10.7. The minimum Gasteiger partial charge on any atom is -0.302 e. The van der Waals surface area contributed by atoms with Crippen LogP contribution in [0.25, 0.3) is 0 Å². The Labute approximate surface area is 138 Å². The average molecular weight is 315 g/mol. The third-order valence-corrected chi connectivity index (χ3v) is 3.72. The molecule has 0 amide bonds. The summed E-state index contributed by atoms with van der Waals surface area (Å²) in [6.07, 6.45) is 0.723. The van der Waals surface area contributed by atoms with E-state index in [4.69, 9.17) is 4.98 Å². The zero-order valence-corrected chi connectivity index (χ0v) is 14.9. The lowest BCUT2D eigenvalue weighted by Crippen LogP contribution is -2.22. The highest BCUT2D eigenvalue weighted by Gasteiger charge is 2.23. The third kappa shape index (κ3) is 4.58. The monoisotopic (exact) mass is 315 g/mol. The molecule has 0 saturated carbocycles. The molecule has 0 aliphatic rings. The zero-order valence-electron chi connectivity index (χ0n) is 14.9. The molecule has 23 heavy (non-hydrogen) atoms. The summed E-state index contributed by atoms with van der Waals surface area (Å²) < 4.78 is 13.1. The molecule has 2 rings (SSSR count). The molecule has 0 aliphatic heterocycles. The maximum absolute atomic E-state index is 13.1. The van der Waals surface area contributed by atoms with E-state index in [9.17, 15) is 4.39 Å². The average Bonchev–Trinajstić information content (AvgIpc) is 2.42. The molecule has 1 heterocycles. The molecule has 0 fully saturated rings. The van der Waals surface area contributed by atoms with E-state index in [1.165, 1.54) is 12.1 Å². The van der Waals surface area contributed by atoms with Crippen molar-refractivity contribution in [3.8, 4) is 0 Å². The Kier molecular flexibility index (Phi) is 5.15. The molecule has 0 N–H and O–H groups in total. The van der Waals surface area contributed by atoms with Gasteiger partial charge in [-0.3, -0.25) is 0 Å². The van der Waals surface area contributed by atoms with Gasteiger partial charge in [-0.2, -0.15) is 0 Å². The second-order valence-electron chi connectivity index (χ2n) is 7.34. The highest BCUT2D eigenvalue weighted by molar-refractivity contribution is 5.35. The second kappa shape index (κ2) is 6.75. The van der Waals surface area contributed by atoms with Crippen LogP contribution < -0.4 is 0 Å². The van der Waals surface area contributed by atoms with Crippen molar-refractivity contribution in [2.24, 2.45) is 0 Å². The fourth-order valence-electron chi connectivity index (χ4n) is 2.65. The first-order valence-corrected chi connectivity index (χ1v) is 7.93. The number of aromatic nitrogens is 2. The van der Waals surface area contributed by atoms with Gasteiger partial charge in [0, 0.05) is 17.5 Å². The Morgan fingerprint density at radius 2 is 1.65 bits per heavy atom. The van der Waals surface area contributed by atoms with Gasteiger partial charge in [0.2, 0.25) is 0 Å². The number of hydrogen-bond donors (Lipinski definition) is 0. The van der Waals surface area contributed by atoms with Crippen LogP contribution in [-0.4, -0.2) is 29.0 Å². The molecule has 0 radical (unpaired) electrons. The van der Waals surface area contributed by atoms with Gasteiger partial charge in [-0.1, -0.05) is 32.9 Å². The molecule has 0 atom stereocenters. The van der Waals surface area contributed by atoms with Gasteiger partial charge < -0.3 is 4.90 Å². The lowest BCUT2D eigenvalue weighted by molar-refractivity contribution is 0.386. The molecule has 2 aromatic rings. The summed E-state index contributed by atoms with van der Waals surface area (Å²) in [7, 11) is 4.03. The van der Waals surface area contributed by atoms with Crippen LogP contribution in [0.1, 0.15) is 49.1 Å². The Balaban J connectivity index is 2.46. The van der Waals surface area contributed by atoms with Gasteiger partial charge in [0.05, 0.1) is 12.2 Å². The van der Waals surface area contributed by atoms with E-state index in [-0.39, 0.29) is 11.2 Å². The number of hydrogen-bond acceptors (Lipinski definition) is 3. The van der Waals surface area contributed by atoms with Gasteiger partial charge in [-0.25, -0.2) is 14.4 Å². The summed E-state index contributed by atoms with van der Waals surface area (Å²) in [6.45, 7) is 9.27. The van der Waals surface area contributed by atoms with Crippen molar-refractivity contribution in [2.45, 2.75) is 46.1 Å². The predicted octanol–water partition coefficient (Wildman–Crippen LogP) is 3.87. The summed E-state index contributed by atoms with van der Waals surface area (Å²) in [5, 5.41) is 0. The summed E-state index contributed by atoms with van der Waals surface area (Å²) in [4.78, 5) is 11.6. The number of benzene rings is 1. The molecular formula is C19H26FN3. The zero-order chi connectivity index (χ0) is 17.2. The van der Waals surface area contributed by atoms with E-state index in [0.29, 0.717) is 0 Å². The summed E-state index contributed by atoms with van der Waals surface area (Å²) >= 11 is 0. The minimum atomic E-state index is -0.209. The van der Waals surface area contributed by atoms with Gasteiger partial charge in [0.1, 0.15) is 11.6 Å². The molecule has 0 unspecified atom stereocenters. The smallest absolute Gasteiger partial charge is 0.142 e. The van der Waals surface area contributed by atoms with E-state index in [2.05, 4.69) is 30.7 Å². The summed E-state index contributed by atoms with van der Waals surface area (Å²) in [6, 6.07) is 6.66. The Morgan fingerprint density at radius 1 is 1.04 bits per heavy atom. The first kappa shape index (κ1) is 17.5. The molecule has 124 valence electrons. The lowest BCUT2D eigenvalue weighted by atomic mass is 9.86. The fourth-order valence-corrected chi connectivity index (χ4v) is 2.65. The molecular weight excluding hydrogens is 289 g/mol. The van der Waals surface area contributed by atoms with Crippen LogP contribution in [0.15, 0.2) is 24.3 Å². The number of nitrogens with zero attached hydrogens (tertiary/aromatic N) is 3. The fraction of sp³-hybridized carbons (Fsp3) is 0.474. The standard InChI is InChI=1S/C19H26FN3/c1-13-16(11-14-7-9-15(20)10-8-14)18(19(2,3)4)22-17(21-13)12-23(5)6/h7-10H,11-12H2,1-6H3. The molecule has 1 aromatic heterocycles. The SMILES string of the molecule is Cc1nc(CN(C)C)nc(C(C)(C)C)c1Cc1ccc(F)cc1. The predicted molar refractivity (Wildman–Crippen MR) is 92.1 cm³/mol. The van der Waals surface area contributed by atoms with E-state index in [0.717, 1.165) is 41.3 Å². The summed E-state index contributed by atoms with van der Waals surface area (Å²) in [5.41, 5.74) is 4.23. The molecule has 1 aromatic carbocycles. The topological polar surface area (TPSA) is 29.0 Å². The van der Waals surface area contributed by atoms with Crippen LogP contribution in [0.4, 0.5) is 4.39 Å². The Hall–Kier alpha value is -1.81. The van der Waals surface area contributed by atoms with Gasteiger partial charge in [-0.05, 0) is 44.3 Å². The maximum atomic E-state index is 13.1. The van der Waals surface area contributed by atoms with Crippen LogP contribution in [0, 0.1) is 12.7 Å². The molecule has 0 saturated heterocycles. The van der Waals surface area contributed by atoms with E-state index >= 15 is 0 Å². The van der Waals surface area contributed by atoms with E-state index in [1.807, 2.05) is 33.2 Å². The van der Waals surface area contributed by atoms with Gasteiger partial charge in [-0.15, -0.1) is 0 Å². The van der Waals surface area contributed by atoms with Crippen molar-refractivity contribution in [2.75, 3.05) is 14.1 Å². The quantitative estimate of drug-likeness (QED) is 0.857.